The molecule has 2 rings (SSSR count). The largest absolute Gasteiger partial charge is 0.382 e. The van der Waals surface area contributed by atoms with E-state index in [-0.39, 0.29) is 10.6 Å². The molecular formula is C14H21N3O2. The van der Waals surface area contributed by atoms with Crippen LogP contribution < -0.4 is 5.32 Å². The number of hydrogen-bond donors (Lipinski definition) is 1. The van der Waals surface area contributed by atoms with Crippen LogP contribution in [0, 0.1) is 17.0 Å². The molecule has 1 heterocycles. The first-order chi connectivity index (χ1) is 9.08. The molecule has 1 saturated heterocycles. The highest BCUT2D eigenvalue weighted by Gasteiger charge is 2.18. The molecule has 0 aliphatic carbocycles. The van der Waals surface area contributed by atoms with Crippen LogP contribution in [0.2, 0.25) is 0 Å². The maximum Gasteiger partial charge on any atom is 0.274 e. The van der Waals surface area contributed by atoms with Crippen molar-refractivity contribution in [3.8, 4) is 0 Å². The van der Waals surface area contributed by atoms with Crippen molar-refractivity contribution < 1.29 is 4.92 Å². The van der Waals surface area contributed by atoms with Gasteiger partial charge in [0.25, 0.3) is 5.69 Å². The van der Waals surface area contributed by atoms with E-state index >= 15 is 0 Å². The molecule has 1 aliphatic heterocycles. The van der Waals surface area contributed by atoms with Crippen LogP contribution in [-0.2, 0) is 0 Å². The molecule has 1 atom stereocenters. The Morgan fingerprint density at radius 1 is 1.37 bits per heavy atom. The zero-order valence-corrected chi connectivity index (χ0v) is 11.6. The Labute approximate surface area is 113 Å². The monoisotopic (exact) mass is 263 g/mol. The van der Waals surface area contributed by atoms with E-state index in [1.165, 1.54) is 6.42 Å². The fourth-order valence-corrected chi connectivity index (χ4v) is 2.58. The average molecular weight is 263 g/mol. The highest BCUT2D eigenvalue weighted by Crippen LogP contribution is 2.27. The topological polar surface area (TPSA) is 58.4 Å². The molecule has 0 spiro atoms. The van der Waals surface area contributed by atoms with E-state index in [9.17, 15) is 10.1 Å². The van der Waals surface area contributed by atoms with Crippen LogP contribution in [0.25, 0.3) is 0 Å². The van der Waals surface area contributed by atoms with Gasteiger partial charge >= 0.3 is 0 Å². The molecule has 0 bridgehead atoms. The van der Waals surface area contributed by atoms with Crippen LogP contribution in [0.15, 0.2) is 18.2 Å². The van der Waals surface area contributed by atoms with Crippen molar-refractivity contribution in [3.05, 3.63) is 33.9 Å². The fraction of sp³-hybridized carbons (Fsp3) is 0.571. The predicted octanol–water partition coefficient (Wildman–Crippen LogP) is 2.80. The molecule has 1 unspecified atom stereocenters. The molecular weight excluding hydrogens is 242 g/mol. The Hall–Kier alpha value is -1.62. The summed E-state index contributed by atoms with van der Waals surface area (Å²) in [6.45, 7) is 4.01. The van der Waals surface area contributed by atoms with Gasteiger partial charge in [-0.25, -0.2) is 0 Å². The summed E-state index contributed by atoms with van der Waals surface area (Å²) < 4.78 is 0. The molecule has 1 aromatic carbocycles. The smallest absolute Gasteiger partial charge is 0.274 e. The third-order valence-corrected chi connectivity index (χ3v) is 3.81. The van der Waals surface area contributed by atoms with Crippen molar-refractivity contribution in [2.75, 3.05) is 25.5 Å². The van der Waals surface area contributed by atoms with Gasteiger partial charge in [-0.3, -0.25) is 10.1 Å². The summed E-state index contributed by atoms with van der Waals surface area (Å²) in [4.78, 5) is 13.0. The Balaban J connectivity index is 2.10. The number of likely N-dealkylation sites (tertiary alicyclic amines) is 1. The van der Waals surface area contributed by atoms with E-state index in [0.717, 1.165) is 37.2 Å². The predicted molar refractivity (Wildman–Crippen MR) is 76.6 cm³/mol. The molecule has 0 saturated carbocycles. The number of hydrogen-bond acceptors (Lipinski definition) is 4. The lowest BCUT2D eigenvalue weighted by Gasteiger charge is -2.19. The molecule has 1 N–H and O–H groups in total. The number of nitrogens with zero attached hydrogens (tertiary/aromatic N) is 2. The van der Waals surface area contributed by atoms with Gasteiger partial charge in [-0.1, -0.05) is 6.07 Å². The number of nitro benzene ring substituents is 1. The number of nitro groups is 1. The van der Waals surface area contributed by atoms with Crippen molar-refractivity contribution in [1.29, 1.82) is 0 Å². The lowest BCUT2D eigenvalue weighted by Crippen LogP contribution is -2.23. The average Bonchev–Trinajstić information content (AvgIpc) is 2.57. The molecule has 19 heavy (non-hydrogen) atoms. The summed E-state index contributed by atoms with van der Waals surface area (Å²) in [5.41, 5.74) is 1.81. The SMILES string of the molecule is Cc1c(NC2CCCN(C)CC2)cccc1[N+](=O)[O-]. The van der Waals surface area contributed by atoms with Crippen LogP contribution in [0.5, 0.6) is 0 Å². The van der Waals surface area contributed by atoms with E-state index < -0.39 is 0 Å². The molecule has 1 fully saturated rings. The van der Waals surface area contributed by atoms with Gasteiger partial charge in [0.1, 0.15) is 0 Å². The minimum absolute atomic E-state index is 0.190. The van der Waals surface area contributed by atoms with Crippen molar-refractivity contribution >= 4 is 11.4 Å². The lowest BCUT2D eigenvalue weighted by molar-refractivity contribution is -0.385. The van der Waals surface area contributed by atoms with Crippen molar-refractivity contribution in [2.45, 2.75) is 32.2 Å². The zero-order valence-electron chi connectivity index (χ0n) is 11.6. The maximum atomic E-state index is 10.9. The Morgan fingerprint density at radius 2 is 2.16 bits per heavy atom. The zero-order chi connectivity index (χ0) is 13.8. The second-order valence-electron chi connectivity index (χ2n) is 5.28. The molecule has 0 aromatic heterocycles. The second kappa shape index (κ2) is 6.02. The molecule has 1 aliphatic rings. The van der Waals surface area contributed by atoms with Gasteiger partial charge in [-0.2, -0.15) is 0 Å². The third kappa shape index (κ3) is 3.44. The molecule has 104 valence electrons. The van der Waals surface area contributed by atoms with Crippen LogP contribution in [0.4, 0.5) is 11.4 Å². The van der Waals surface area contributed by atoms with Gasteiger partial charge in [-0.15, -0.1) is 0 Å². The number of rotatable bonds is 3. The second-order valence-corrected chi connectivity index (χ2v) is 5.28. The van der Waals surface area contributed by atoms with E-state index in [1.807, 2.05) is 13.0 Å². The summed E-state index contributed by atoms with van der Waals surface area (Å²) in [6, 6.07) is 5.64. The number of benzene rings is 1. The minimum Gasteiger partial charge on any atom is -0.382 e. The van der Waals surface area contributed by atoms with E-state index in [0.29, 0.717) is 6.04 Å². The van der Waals surface area contributed by atoms with Gasteiger partial charge in [0.05, 0.1) is 4.92 Å². The Morgan fingerprint density at radius 3 is 2.89 bits per heavy atom. The van der Waals surface area contributed by atoms with Crippen LogP contribution >= 0.6 is 0 Å². The Kier molecular flexibility index (Phi) is 4.37. The van der Waals surface area contributed by atoms with Gasteiger partial charge in [0.15, 0.2) is 0 Å². The number of anilines is 1. The maximum absolute atomic E-state index is 10.9. The molecule has 1 aromatic rings. The summed E-state index contributed by atoms with van der Waals surface area (Å²) in [5, 5.41) is 14.4. The molecule has 5 nitrogen and oxygen atoms in total. The normalized spacial score (nSPS) is 20.8. The highest BCUT2D eigenvalue weighted by atomic mass is 16.6. The molecule has 5 heteroatoms. The first-order valence-corrected chi connectivity index (χ1v) is 6.77. The van der Waals surface area contributed by atoms with Gasteiger partial charge in [0.2, 0.25) is 0 Å². The van der Waals surface area contributed by atoms with Gasteiger partial charge in [-0.05, 0) is 52.4 Å². The van der Waals surface area contributed by atoms with Crippen LogP contribution in [0.3, 0.4) is 0 Å². The Bertz CT molecular complexity index is 462. The number of nitrogens with one attached hydrogen (secondary N) is 1. The van der Waals surface area contributed by atoms with E-state index in [2.05, 4.69) is 17.3 Å². The van der Waals surface area contributed by atoms with E-state index in [4.69, 9.17) is 0 Å². The van der Waals surface area contributed by atoms with Crippen molar-refractivity contribution in [2.24, 2.45) is 0 Å². The standard InChI is InChI=1S/C14H21N3O2/c1-11-13(6-3-7-14(11)17(18)19)15-12-5-4-9-16(2)10-8-12/h3,6-7,12,15H,4-5,8-10H2,1-2H3. The van der Waals surface area contributed by atoms with Gasteiger partial charge in [0, 0.05) is 23.4 Å². The molecule has 0 amide bonds. The quantitative estimate of drug-likeness (QED) is 0.673. The summed E-state index contributed by atoms with van der Waals surface area (Å²) in [7, 11) is 2.14. The van der Waals surface area contributed by atoms with Crippen molar-refractivity contribution in [1.82, 2.24) is 4.90 Å². The van der Waals surface area contributed by atoms with Gasteiger partial charge < -0.3 is 10.2 Å². The van der Waals surface area contributed by atoms with Crippen LogP contribution in [0.1, 0.15) is 24.8 Å². The first-order valence-electron chi connectivity index (χ1n) is 6.77. The van der Waals surface area contributed by atoms with Crippen molar-refractivity contribution in [3.63, 3.8) is 0 Å². The third-order valence-electron chi connectivity index (χ3n) is 3.81. The molecule has 0 radical (unpaired) electrons. The lowest BCUT2D eigenvalue weighted by atomic mass is 10.1. The summed E-state index contributed by atoms with van der Waals surface area (Å²) in [6.07, 6.45) is 3.37. The van der Waals surface area contributed by atoms with Crippen LogP contribution in [-0.4, -0.2) is 36.0 Å². The first kappa shape index (κ1) is 13.8. The minimum atomic E-state index is -0.318. The fourth-order valence-electron chi connectivity index (χ4n) is 2.58. The summed E-state index contributed by atoms with van der Waals surface area (Å²) in [5.74, 6) is 0. The van der Waals surface area contributed by atoms with E-state index in [1.54, 1.807) is 12.1 Å². The summed E-state index contributed by atoms with van der Waals surface area (Å²) >= 11 is 0. The highest BCUT2D eigenvalue weighted by molar-refractivity contribution is 5.60.